The summed E-state index contributed by atoms with van der Waals surface area (Å²) >= 11 is 0. The van der Waals surface area contributed by atoms with E-state index in [2.05, 4.69) is 24.4 Å². The molecule has 5 nitrogen and oxygen atoms in total. The Morgan fingerprint density at radius 2 is 1.82 bits per heavy atom. The zero-order valence-corrected chi connectivity index (χ0v) is 22.7. The molecule has 2 aliphatic carbocycles. The van der Waals surface area contributed by atoms with Crippen LogP contribution in [0.15, 0.2) is 96.2 Å². The highest BCUT2D eigenvalue weighted by molar-refractivity contribution is 5.76. The first-order valence-corrected chi connectivity index (χ1v) is 14.1. The predicted molar refractivity (Wildman–Crippen MR) is 154 cm³/mol. The number of aromatic hydroxyl groups is 1. The number of fused-ring (bicyclic) bond motifs is 1. The summed E-state index contributed by atoms with van der Waals surface area (Å²) in [6, 6.07) is 23.8. The number of rotatable bonds is 8. The fourth-order valence-electron chi connectivity index (χ4n) is 6.57. The molecule has 4 aromatic rings. The molecule has 40 heavy (non-hydrogen) atoms. The lowest BCUT2D eigenvalue weighted by molar-refractivity contribution is -0.121. The fourth-order valence-corrected chi connectivity index (χ4v) is 6.57. The Bertz CT molecular complexity index is 1520. The van der Waals surface area contributed by atoms with E-state index < -0.39 is 0 Å². The van der Waals surface area contributed by atoms with Gasteiger partial charge in [-0.05, 0) is 79.1 Å². The van der Waals surface area contributed by atoms with Crippen molar-refractivity contribution in [3.8, 4) is 11.4 Å². The number of allylic oxidation sites excluding steroid dienone is 2. The van der Waals surface area contributed by atoms with Crippen LogP contribution in [0, 0.1) is 11.7 Å². The van der Waals surface area contributed by atoms with Crippen LogP contribution in [0.25, 0.3) is 5.69 Å². The number of benzene rings is 3. The number of hydrogen-bond acceptors (Lipinski definition) is 3. The lowest BCUT2D eigenvalue weighted by atomic mass is 9.77. The van der Waals surface area contributed by atoms with Crippen molar-refractivity contribution in [2.24, 2.45) is 5.92 Å². The van der Waals surface area contributed by atoms with Crippen LogP contribution in [0.1, 0.15) is 67.0 Å². The first-order valence-electron chi connectivity index (χ1n) is 14.1. The van der Waals surface area contributed by atoms with Crippen molar-refractivity contribution in [2.75, 3.05) is 0 Å². The summed E-state index contributed by atoms with van der Waals surface area (Å²) in [6.45, 7) is 2.27. The van der Waals surface area contributed by atoms with Crippen molar-refractivity contribution in [3.63, 3.8) is 0 Å². The van der Waals surface area contributed by atoms with E-state index in [1.54, 1.807) is 24.3 Å². The third kappa shape index (κ3) is 5.31. The van der Waals surface area contributed by atoms with Gasteiger partial charge in [0.15, 0.2) is 0 Å². The van der Waals surface area contributed by atoms with Gasteiger partial charge in [0.2, 0.25) is 5.91 Å². The summed E-state index contributed by atoms with van der Waals surface area (Å²) < 4.78 is 15.5. The number of aromatic nitrogens is 2. The minimum atomic E-state index is -0.248. The highest BCUT2D eigenvalue weighted by Gasteiger charge is 2.37. The summed E-state index contributed by atoms with van der Waals surface area (Å²) in [7, 11) is 0. The van der Waals surface area contributed by atoms with Crippen molar-refractivity contribution >= 4 is 5.91 Å². The van der Waals surface area contributed by atoms with E-state index in [4.69, 9.17) is 5.10 Å². The van der Waals surface area contributed by atoms with Crippen LogP contribution in [-0.4, -0.2) is 20.8 Å². The molecule has 1 heterocycles. The van der Waals surface area contributed by atoms with Gasteiger partial charge in [-0.15, -0.1) is 0 Å². The van der Waals surface area contributed by atoms with Crippen LogP contribution < -0.4 is 5.32 Å². The van der Waals surface area contributed by atoms with E-state index in [0.717, 1.165) is 42.5 Å². The van der Waals surface area contributed by atoms with Gasteiger partial charge in [-0.3, -0.25) is 4.79 Å². The Labute approximate surface area is 234 Å². The lowest BCUT2D eigenvalue weighted by Gasteiger charge is -2.30. The lowest BCUT2D eigenvalue weighted by Crippen LogP contribution is -2.30. The second-order valence-corrected chi connectivity index (χ2v) is 11.1. The molecule has 2 aliphatic rings. The van der Waals surface area contributed by atoms with Gasteiger partial charge in [0.25, 0.3) is 0 Å². The fraction of sp³-hybridized carbons (Fsp3) is 0.294. The third-order valence-corrected chi connectivity index (χ3v) is 8.56. The number of amides is 1. The molecule has 0 spiro atoms. The number of nitrogens with zero attached hydrogens (tertiary/aromatic N) is 2. The van der Waals surface area contributed by atoms with Crippen molar-refractivity contribution in [3.05, 3.63) is 124 Å². The quantitative estimate of drug-likeness (QED) is 0.240. The summed E-state index contributed by atoms with van der Waals surface area (Å²) in [5, 5.41) is 17.6. The summed E-state index contributed by atoms with van der Waals surface area (Å²) in [4.78, 5) is 13.1. The Morgan fingerprint density at radius 3 is 2.58 bits per heavy atom. The first-order chi connectivity index (χ1) is 19.5. The molecule has 1 unspecified atom stereocenters. The SMILES string of the molecule is C[C@@H]1C2=C(CC[C@@H]2CC(NC(=O)CCc2ccc(O)cc2)c2ccccc2)Cc2c1cnn2-c1ccc(F)cc1. The number of carbonyl (C=O) groups is 1. The molecule has 1 aromatic heterocycles. The molecule has 3 aromatic carbocycles. The van der Waals surface area contributed by atoms with Gasteiger partial charge in [-0.25, -0.2) is 9.07 Å². The smallest absolute Gasteiger partial charge is 0.220 e. The predicted octanol–water partition coefficient (Wildman–Crippen LogP) is 6.96. The molecule has 2 N–H and O–H groups in total. The maximum absolute atomic E-state index is 13.5. The van der Waals surface area contributed by atoms with E-state index >= 15 is 0 Å². The zero-order chi connectivity index (χ0) is 27.6. The molecule has 0 aliphatic heterocycles. The molecule has 6 rings (SSSR count). The van der Waals surface area contributed by atoms with Crippen LogP contribution in [0.3, 0.4) is 0 Å². The van der Waals surface area contributed by atoms with Crippen LogP contribution in [0.4, 0.5) is 4.39 Å². The van der Waals surface area contributed by atoms with Crippen molar-refractivity contribution in [1.29, 1.82) is 0 Å². The molecule has 0 bridgehead atoms. The van der Waals surface area contributed by atoms with Crippen LogP contribution in [0.2, 0.25) is 0 Å². The van der Waals surface area contributed by atoms with Gasteiger partial charge >= 0.3 is 0 Å². The van der Waals surface area contributed by atoms with E-state index in [0.29, 0.717) is 18.8 Å². The van der Waals surface area contributed by atoms with E-state index in [1.807, 2.05) is 41.2 Å². The number of hydrogen-bond donors (Lipinski definition) is 2. The highest BCUT2D eigenvalue weighted by atomic mass is 19.1. The Kier molecular flexibility index (Phi) is 7.25. The molecular weight excluding hydrogens is 501 g/mol. The number of carbonyl (C=O) groups excluding carboxylic acids is 1. The topological polar surface area (TPSA) is 67.2 Å². The van der Waals surface area contributed by atoms with Crippen LogP contribution in [0.5, 0.6) is 5.75 Å². The van der Waals surface area contributed by atoms with Gasteiger partial charge in [0, 0.05) is 24.3 Å². The average Bonchev–Trinajstić information content (AvgIpc) is 3.58. The van der Waals surface area contributed by atoms with Gasteiger partial charge in [-0.2, -0.15) is 5.10 Å². The van der Waals surface area contributed by atoms with E-state index in [-0.39, 0.29) is 29.4 Å². The Balaban J connectivity index is 1.19. The van der Waals surface area contributed by atoms with E-state index in [9.17, 15) is 14.3 Å². The number of phenolic OH excluding ortho intramolecular Hbond substituents is 1. The number of phenols is 1. The van der Waals surface area contributed by atoms with Gasteiger partial charge in [0.05, 0.1) is 23.6 Å². The van der Waals surface area contributed by atoms with Crippen molar-refractivity contribution < 1.29 is 14.3 Å². The van der Waals surface area contributed by atoms with Gasteiger partial charge < -0.3 is 10.4 Å². The standard InChI is InChI=1S/C34H34FN3O2/c1-22-30-21-36-38(28-14-12-27(35)13-15-28)32(30)20-26-11-10-25(34(22)26)19-31(24-5-3-2-4-6-24)37-33(40)18-9-23-7-16-29(39)17-8-23/h2-8,12-17,21-22,25,31,39H,9-11,18-20H2,1H3,(H,37,40)/t22-,25+,31?/m0/s1. The number of aryl methyl sites for hydroxylation is 1. The first kappa shape index (κ1) is 26.1. The molecule has 204 valence electrons. The Hall–Kier alpha value is -4.19. The zero-order valence-electron chi connectivity index (χ0n) is 22.7. The maximum Gasteiger partial charge on any atom is 0.220 e. The summed E-state index contributed by atoms with van der Waals surface area (Å²) in [5.74, 6) is 0.655. The third-order valence-electron chi connectivity index (χ3n) is 8.56. The van der Waals surface area contributed by atoms with Crippen molar-refractivity contribution in [2.45, 2.75) is 57.4 Å². The minimum Gasteiger partial charge on any atom is -0.508 e. The second-order valence-electron chi connectivity index (χ2n) is 11.1. The molecule has 1 amide bonds. The molecule has 0 saturated carbocycles. The van der Waals surface area contributed by atoms with Crippen LogP contribution >= 0.6 is 0 Å². The largest absolute Gasteiger partial charge is 0.508 e. The number of nitrogens with one attached hydrogen (secondary N) is 1. The maximum atomic E-state index is 13.5. The minimum absolute atomic E-state index is 0.0358. The number of halogens is 1. The summed E-state index contributed by atoms with van der Waals surface area (Å²) in [5.41, 5.74) is 8.47. The molecular formula is C34H34FN3O2. The monoisotopic (exact) mass is 535 g/mol. The molecule has 0 saturated heterocycles. The van der Waals surface area contributed by atoms with Gasteiger partial charge in [-0.1, -0.05) is 60.5 Å². The van der Waals surface area contributed by atoms with Crippen molar-refractivity contribution in [1.82, 2.24) is 15.1 Å². The average molecular weight is 536 g/mol. The molecule has 0 radical (unpaired) electrons. The van der Waals surface area contributed by atoms with Crippen LogP contribution in [-0.2, 0) is 17.6 Å². The Morgan fingerprint density at radius 1 is 1.07 bits per heavy atom. The van der Waals surface area contributed by atoms with Gasteiger partial charge in [0.1, 0.15) is 11.6 Å². The highest BCUT2D eigenvalue weighted by Crippen LogP contribution is 2.49. The molecule has 6 heteroatoms. The second kappa shape index (κ2) is 11.1. The molecule has 0 fully saturated rings. The van der Waals surface area contributed by atoms with E-state index in [1.165, 1.54) is 34.5 Å². The summed E-state index contributed by atoms with van der Waals surface area (Å²) in [6.07, 6.45) is 6.85. The normalized spacial score (nSPS) is 18.8. The molecule has 3 atom stereocenters.